The summed E-state index contributed by atoms with van der Waals surface area (Å²) in [6, 6.07) is 1.62. The smallest absolute Gasteiger partial charge is 0.340 e. The number of halogens is 1. The van der Waals surface area contributed by atoms with Gasteiger partial charge in [0, 0.05) is 17.8 Å². The summed E-state index contributed by atoms with van der Waals surface area (Å²) in [5.74, 6) is 0.0204. The van der Waals surface area contributed by atoms with E-state index in [9.17, 15) is 4.79 Å². The maximum atomic E-state index is 11.7. The van der Waals surface area contributed by atoms with Gasteiger partial charge < -0.3 is 9.47 Å². The van der Waals surface area contributed by atoms with E-state index in [2.05, 4.69) is 9.97 Å². The minimum atomic E-state index is -0.460. The Morgan fingerprint density at radius 2 is 2.11 bits per heavy atom. The Bertz CT molecular complexity index is 656. The zero-order chi connectivity index (χ0) is 13.4. The first-order chi connectivity index (χ1) is 9.19. The molecule has 1 fully saturated rings. The largest absolute Gasteiger partial charge is 0.474 e. The third kappa shape index (κ3) is 2.33. The molecule has 1 aliphatic rings. The standard InChI is InChI=1S/C13H11ClN2O3/c1-18-13(17)10-6-16-12(19-7-2-3-7)9-5-15-11(14)4-8(9)10/h4-7H,2-3H2,1H3. The second-order valence-corrected chi connectivity index (χ2v) is 4.73. The molecule has 3 rings (SSSR count). The highest BCUT2D eigenvalue weighted by atomic mass is 35.5. The number of ether oxygens (including phenoxy) is 2. The molecule has 0 spiro atoms. The number of hydrogen-bond donors (Lipinski definition) is 0. The highest BCUT2D eigenvalue weighted by Crippen LogP contribution is 2.32. The normalized spacial score (nSPS) is 14.4. The Morgan fingerprint density at radius 3 is 2.79 bits per heavy atom. The van der Waals surface area contributed by atoms with Crippen molar-refractivity contribution in [2.75, 3.05) is 7.11 Å². The van der Waals surface area contributed by atoms with Crippen LogP contribution in [0.15, 0.2) is 18.5 Å². The number of fused-ring (bicyclic) bond motifs is 1. The highest BCUT2D eigenvalue weighted by molar-refractivity contribution is 6.30. The number of esters is 1. The van der Waals surface area contributed by atoms with E-state index in [0.717, 1.165) is 12.8 Å². The quantitative estimate of drug-likeness (QED) is 0.638. The van der Waals surface area contributed by atoms with E-state index in [1.54, 1.807) is 12.3 Å². The van der Waals surface area contributed by atoms with Gasteiger partial charge in [0.2, 0.25) is 5.88 Å². The fourth-order valence-electron chi connectivity index (χ4n) is 1.80. The van der Waals surface area contributed by atoms with E-state index < -0.39 is 5.97 Å². The van der Waals surface area contributed by atoms with Crippen LogP contribution in [0, 0.1) is 0 Å². The van der Waals surface area contributed by atoms with Crippen molar-refractivity contribution in [1.29, 1.82) is 0 Å². The van der Waals surface area contributed by atoms with Gasteiger partial charge in [-0.25, -0.2) is 14.8 Å². The molecule has 1 saturated carbocycles. The molecule has 0 unspecified atom stereocenters. The highest BCUT2D eigenvalue weighted by Gasteiger charge is 2.26. The van der Waals surface area contributed by atoms with Crippen LogP contribution in [0.5, 0.6) is 5.88 Å². The van der Waals surface area contributed by atoms with E-state index in [1.807, 2.05) is 0 Å². The van der Waals surface area contributed by atoms with Crippen molar-refractivity contribution in [2.45, 2.75) is 18.9 Å². The second kappa shape index (κ2) is 4.66. The molecule has 5 nitrogen and oxygen atoms in total. The van der Waals surface area contributed by atoms with Crippen LogP contribution in [-0.2, 0) is 4.74 Å². The molecule has 2 aromatic heterocycles. The van der Waals surface area contributed by atoms with E-state index in [1.165, 1.54) is 13.3 Å². The van der Waals surface area contributed by atoms with E-state index in [0.29, 0.717) is 27.4 Å². The Balaban J connectivity index is 2.17. The average molecular weight is 279 g/mol. The number of aromatic nitrogens is 2. The van der Waals surface area contributed by atoms with Crippen LogP contribution in [0.25, 0.3) is 10.8 Å². The van der Waals surface area contributed by atoms with Gasteiger partial charge in [-0.05, 0) is 18.9 Å². The lowest BCUT2D eigenvalue weighted by atomic mass is 10.1. The molecule has 0 radical (unpaired) electrons. The number of pyridine rings is 2. The molecule has 0 aliphatic heterocycles. The van der Waals surface area contributed by atoms with Crippen molar-refractivity contribution in [3.8, 4) is 5.88 Å². The molecule has 2 aromatic rings. The summed E-state index contributed by atoms with van der Waals surface area (Å²) >= 11 is 5.88. The summed E-state index contributed by atoms with van der Waals surface area (Å²) in [5.41, 5.74) is 0.352. The predicted molar refractivity (Wildman–Crippen MR) is 69.5 cm³/mol. The Morgan fingerprint density at radius 1 is 1.32 bits per heavy atom. The lowest BCUT2D eigenvalue weighted by Crippen LogP contribution is -2.06. The molecule has 1 aliphatic carbocycles. The topological polar surface area (TPSA) is 61.3 Å². The second-order valence-electron chi connectivity index (χ2n) is 4.34. The lowest BCUT2D eigenvalue weighted by Gasteiger charge is -2.09. The average Bonchev–Trinajstić information content (AvgIpc) is 3.22. The van der Waals surface area contributed by atoms with Crippen molar-refractivity contribution >= 4 is 28.3 Å². The molecule has 0 bridgehead atoms. The van der Waals surface area contributed by atoms with Crippen molar-refractivity contribution in [3.05, 3.63) is 29.2 Å². The summed E-state index contributed by atoms with van der Waals surface area (Å²) in [6.45, 7) is 0. The number of rotatable bonds is 3. The van der Waals surface area contributed by atoms with Crippen LogP contribution in [0.2, 0.25) is 5.15 Å². The van der Waals surface area contributed by atoms with Gasteiger partial charge in [0.15, 0.2) is 0 Å². The molecular formula is C13H11ClN2O3. The summed E-state index contributed by atoms with van der Waals surface area (Å²) in [6.07, 6.45) is 5.29. The first kappa shape index (κ1) is 12.2. The minimum absolute atomic E-state index is 0.218. The van der Waals surface area contributed by atoms with Gasteiger partial charge in [0.05, 0.1) is 18.1 Å². The molecular weight excluding hydrogens is 268 g/mol. The van der Waals surface area contributed by atoms with Crippen molar-refractivity contribution in [1.82, 2.24) is 9.97 Å². The van der Waals surface area contributed by atoms with Crippen LogP contribution in [0.4, 0.5) is 0 Å². The third-order valence-corrected chi connectivity index (χ3v) is 3.12. The zero-order valence-electron chi connectivity index (χ0n) is 10.2. The molecule has 0 saturated heterocycles. The van der Waals surface area contributed by atoms with Crippen molar-refractivity contribution in [3.63, 3.8) is 0 Å². The van der Waals surface area contributed by atoms with Crippen LogP contribution >= 0.6 is 11.6 Å². The summed E-state index contributed by atoms with van der Waals surface area (Å²) in [5, 5.41) is 1.61. The van der Waals surface area contributed by atoms with Crippen LogP contribution in [0.3, 0.4) is 0 Å². The first-order valence-corrected chi connectivity index (χ1v) is 6.26. The molecule has 6 heteroatoms. The van der Waals surface area contributed by atoms with Crippen LogP contribution in [0.1, 0.15) is 23.2 Å². The number of nitrogens with zero attached hydrogens (tertiary/aromatic N) is 2. The first-order valence-electron chi connectivity index (χ1n) is 5.88. The fraction of sp³-hybridized carbons (Fsp3) is 0.308. The molecule has 19 heavy (non-hydrogen) atoms. The Hall–Kier alpha value is -1.88. The van der Waals surface area contributed by atoms with Gasteiger partial charge in [0.25, 0.3) is 0 Å². The van der Waals surface area contributed by atoms with Crippen LogP contribution in [-0.4, -0.2) is 29.2 Å². The monoisotopic (exact) mass is 278 g/mol. The summed E-state index contributed by atoms with van der Waals surface area (Å²) < 4.78 is 10.4. The van der Waals surface area contributed by atoms with E-state index in [4.69, 9.17) is 21.1 Å². The predicted octanol–water partition coefficient (Wildman–Crippen LogP) is 2.61. The molecule has 0 N–H and O–H groups in total. The molecule has 0 atom stereocenters. The molecule has 2 heterocycles. The fourth-order valence-corrected chi connectivity index (χ4v) is 1.95. The van der Waals surface area contributed by atoms with Gasteiger partial charge in [-0.1, -0.05) is 11.6 Å². The summed E-state index contributed by atoms with van der Waals surface area (Å²) in [4.78, 5) is 19.9. The van der Waals surface area contributed by atoms with Crippen molar-refractivity contribution in [2.24, 2.45) is 0 Å². The van der Waals surface area contributed by atoms with Gasteiger partial charge in [-0.3, -0.25) is 0 Å². The number of methoxy groups -OCH3 is 1. The zero-order valence-corrected chi connectivity index (χ0v) is 11.0. The summed E-state index contributed by atoms with van der Waals surface area (Å²) in [7, 11) is 1.32. The Labute approximate surface area is 114 Å². The van der Waals surface area contributed by atoms with Gasteiger partial charge >= 0.3 is 5.97 Å². The van der Waals surface area contributed by atoms with Crippen LogP contribution < -0.4 is 4.74 Å². The minimum Gasteiger partial charge on any atom is -0.474 e. The van der Waals surface area contributed by atoms with Gasteiger partial charge in [-0.2, -0.15) is 0 Å². The number of carbonyl (C=O) groups excluding carboxylic acids is 1. The third-order valence-electron chi connectivity index (χ3n) is 2.91. The lowest BCUT2D eigenvalue weighted by molar-refractivity contribution is 0.0602. The SMILES string of the molecule is COC(=O)c1cnc(OC2CC2)c2cnc(Cl)cc12. The van der Waals surface area contributed by atoms with Gasteiger partial charge in [-0.15, -0.1) is 0 Å². The maximum absolute atomic E-state index is 11.7. The molecule has 0 aromatic carbocycles. The van der Waals surface area contributed by atoms with E-state index in [-0.39, 0.29) is 6.10 Å². The van der Waals surface area contributed by atoms with E-state index >= 15 is 0 Å². The molecule has 98 valence electrons. The van der Waals surface area contributed by atoms with Crippen molar-refractivity contribution < 1.29 is 14.3 Å². The molecule has 0 amide bonds. The Kier molecular flexibility index (Phi) is 2.98. The number of carbonyl (C=O) groups is 1. The number of hydrogen-bond acceptors (Lipinski definition) is 5. The van der Waals surface area contributed by atoms with Gasteiger partial charge in [0.1, 0.15) is 11.3 Å². The maximum Gasteiger partial charge on any atom is 0.340 e.